The number of carbonyl (C=O) groups excluding carboxylic acids is 1. The zero-order chi connectivity index (χ0) is 15.9. The van der Waals surface area contributed by atoms with Gasteiger partial charge in [-0.15, -0.1) is 0 Å². The molecule has 0 radical (unpaired) electrons. The first-order valence-electron chi connectivity index (χ1n) is 7.26. The van der Waals surface area contributed by atoms with Crippen LogP contribution in [0.25, 0.3) is 10.9 Å². The van der Waals surface area contributed by atoms with Crippen LogP contribution in [0.1, 0.15) is 30.2 Å². The third-order valence-corrected chi connectivity index (χ3v) is 4.81. The van der Waals surface area contributed by atoms with Crippen LogP contribution in [0.3, 0.4) is 0 Å². The van der Waals surface area contributed by atoms with Crippen LogP contribution >= 0.6 is 0 Å². The van der Waals surface area contributed by atoms with Crippen molar-refractivity contribution in [1.82, 2.24) is 4.57 Å². The summed E-state index contributed by atoms with van der Waals surface area (Å²) in [5, 5.41) is 20.8. The average Bonchev–Trinajstić information content (AvgIpc) is 2.99. The van der Waals surface area contributed by atoms with E-state index in [0.717, 1.165) is 22.2 Å². The van der Waals surface area contributed by atoms with E-state index in [4.69, 9.17) is 10.00 Å². The molecule has 1 aromatic heterocycles. The summed E-state index contributed by atoms with van der Waals surface area (Å²) in [6.07, 6.45) is -0.0573. The number of rotatable bonds is 3. The van der Waals surface area contributed by atoms with Gasteiger partial charge in [0.25, 0.3) is 0 Å². The van der Waals surface area contributed by atoms with Crippen LogP contribution in [0.15, 0.2) is 24.3 Å². The van der Waals surface area contributed by atoms with Gasteiger partial charge in [-0.3, -0.25) is 4.79 Å². The smallest absolute Gasteiger partial charge is 0.315 e. The van der Waals surface area contributed by atoms with Crippen molar-refractivity contribution in [3.8, 4) is 6.07 Å². The first-order chi connectivity index (χ1) is 10.6. The Labute approximate surface area is 128 Å². The van der Waals surface area contributed by atoms with Gasteiger partial charge in [0.2, 0.25) is 0 Å². The SMILES string of the molecule is COC(=O)C1(CCC#N)Cc2c(n(C)c3ccccc23)C1O. The van der Waals surface area contributed by atoms with E-state index >= 15 is 0 Å². The van der Waals surface area contributed by atoms with Gasteiger partial charge in [0.1, 0.15) is 11.5 Å². The number of hydrogen-bond acceptors (Lipinski definition) is 4. The number of hydrogen-bond donors (Lipinski definition) is 1. The van der Waals surface area contributed by atoms with Crippen molar-refractivity contribution in [1.29, 1.82) is 5.26 Å². The van der Waals surface area contributed by atoms with E-state index in [9.17, 15) is 9.90 Å². The molecule has 0 spiro atoms. The summed E-state index contributed by atoms with van der Waals surface area (Å²) in [4.78, 5) is 12.4. The predicted molar refractivity (Wildman–Crippen MR) is 80.9 cm³/mol. The topological polar surface area (TPSA) is 75.2 Å². The van der Waals surface area contributed by atoms with Gasteiger partial charge >= 0.3 is 5.97 Å². The number of ether oxygens (including phenoxy) is 1. The summed E-state index contributed by atoms with van der Waals surface area (Å²) < 4.78 is 6.88. The monoisotopic (exact) mass is 298 g/mol. The second-order valence-electron chi connectivity index (χ2n) is 5.83. The summed E-state index contributed by atoms with van der Waals surface area (Å²) >= 11 is 0. The van der Waals surface area contributed by atoms with E-state index < -0.39 is 17.5 Å². The largest absolute Gasteiger partial charge is 0.468 e. The van der Waals surface area contributed by atoms with E-state index in [1.165, 1.54) is 7.11 Å². The molecule has 2 unspecified atom stereocenters. The Hall–Kier alpha value is -2.32. The highest BCUT2D eigenvalue weighted by atomic mass is 16.5. The van der Waals surface area contributed by atoms with Crippen LogP contribution in [-0.2, 0) is 23.0 Å². The van der Waals surface area contributed by atoms with Gasteiger partial charge in [-0.2, -0.15) is 5.26 Å². The maximum atomic E-state index is 12.4. The fourth-order valence-corrected chi connectivity index (χ4v) is 3.69. The summed E-state index contributed by atoms with van der Waals surface area (Å²) in [5.74, 6) is -0.449. The Morgan fingerprint density at radius 3 is 2.95 bits per heavy atom. The maximum Gasteiger partial charge on any atom is 0.315 e. The molecular formula is C17H18N2O3. The van der Waals surface area contributed by atoms with Crippen LogP contribution in [-0.4, -0.2) is 22.8 Å². The number of methoxy groups -OCH3 is 1. The zero-order valence-electron chi connectivity index (χ0n) is 12.7. The molecule has 0 amide bonds. The predicted octanol–water partition coefficient (Wildman–Crippen LogP) is 2.23. The maximum absolute atomic E-state index is 12.4. The number of aromatic nitrogens is 1. The average molecular weight is 298 g/mol. The first kappa shape index (κ1) is 14.6. The van der Waals surface area contributed by atoms with Crippen molar-refractivity contribution >= 4 is 16.9 Å². The van der Waals surface area contributed by atoms with Crippen LogP contribution in [0, 0.1) is 16.7 Å². The second kappa shape index (κ2) is 5.15. The minimum atomic E-state index is -1.06. The number of aliphatic hydroxyl groups excluding tert-OH is 1. The van der Waals surface area contributed by atoms with Gasteiger partial charge in [-0.05, 0) is 24.5 Å². The van der Waals surface area contributed by atoms with Crippen molar-refractivity contribution in [2.45, 2.75) is 25.4 Å². The van der Waals surface area contributed by atoms with E-state index in [2.05, 4.69) is 6.07 Å². The molecule has 1 aromatic carbocycles. The number of fused-ring (bicyclic) bond motifs is 3. The number of para-hydroxylation sites is 1. The molecule has 0 saturated carbocycles. The Morgan fingerprint density at radius 1 is 1.55 bits per heavy atom. The molecule has 2 aromatic rings. The van der Waals surface area contributed by atoms with Gasteiger partial charge in [-0.25, -0.2) is 0 Å². The molecule has 0 aliphatic heterocycles. The van der Waals surface area contributed by atoms with Gasteiger partial charge in [0.15, 0.2) is 0 Å². The molecule has 2 atom stereocenters. The Morgan fingerprint density at radius 2 is 2.27 bits per heavy atom. The van der Waals surface area contributed by atoms with Crippen molar-refractivity contribution in [3.05, 3.63) is 35.5 Å². The molecule has 22 heavy (non-hydrogen) atoms. The molecule has 1 N–H and O–H groups in total. The third-order valence-electron chi connectivity index (χ3n) is 4.81. The highest BCUT2D eigenvalue weighted by Crippen LogP contribution is 2.52. The minimum Gasteiger partial charge on any atom is -0.468 e. The molecular weight excluding hydrogens is 280 g/mol. The van der Waals surface area contributed by atoms with Crippen molar-refractivity contribution < 1.29 is 14.6 Å². The van der Waals surface area contributed by atoms with Crippen LogP contribution < -0.4 is 0 Å². The van der Waals surface area contributed by atoms with Crippen molar-refractivity contribution in [2.24, 2.45) is 12.5 Å². The van der Waals surface area contributed by atoms with Crippen LogP contribution in [0.2, 0.25) is 0 Å². The highest BCUT2D eigenvalue weighted by molar-refractivity contribution is 5.89. The lowest BCUT2D eigenvalue weighted by molar-refractivity contribution is -0.160. The van der Waals surface area contributed by atoms with E-state index in [-0.39, 0.29) is 6.42 Å². The lowest BCUT2D eigenvalue weighted by Gasteiger charge is -2.29. The number of aryl methyl sites for hydroxylation is 1. The highest BCUT2D eigenvalue weighted by Gasteiger charge is 2.53. The Kier molecular flexibility index (Phi) is 3.42. The fourth-order valence-electron chi connectivity index (χ4n) is 3.69. The number of esters is 1. The normalized spacial score (nSPS) is 23.3. The standard InChI is InChI=1S/C17H18N2O3/c1-19-13-7-4-3-6-11(13)12-10-17(8-5-9-18,16(21)22-2)15(20)14(12)19/h3-4,6-7,15,20H,5,8,10H2,1-2H3. The molecule has 1 aliphatic rings. The lowest BCUT2D eigenvalue weighted by Crippen LogP contribution is -2.37. The number of carbonyl (C=O) groups is 1. The van der Waals surface area contributed by atoms with E-state index in [1.807, 2.05) is 35.9 Å². The van der Waals surface area contributed by atoms with Gasteiger partial charge in [0, 0.05) is 24.4 Å². The number of nitriles is 1. The second-order valence-corrected chi connectivity index (χ2v) is 5.83. The summed E-state index contributed by atoms with van der Waals surface area (Å²) in [5.41, 5.74) is 1.71. The van der Waals surface area contributed by atoms with E-state index in [0.29, 0.717) is 12.8 Å². The Balaban J connectivity index is 2.17. The molecule has 5 nitrogen and oxygen atoms in total. The van der Waals surface area contributed by atoms with Gasteiger partial charge < -0.3 is 14.4 Å². The summed E-state index contributed by atoms with van der Waals surface area (Å²) in [6.45, 7) is 0. The fraction of sp³-hybridized carbons (Fsp3) is 0.412. The van der Waals surface area contributed by atoms with Gasteiger partial charge in [-0.1, -0.05) is 18.2 Å². The number of aliphatic hydroxyl groups is 1. The van der Waals surface area contributed by atoms with Crippen molar-refractivity contribution in [2.75, 3.05) is 7.11 Å². The molecule has 0 fully saturated rings. The molecule has 5 heteroatoms. The van der Waals surface area contributed by atoms with E-state index in [1.54, 1.807) is 0 Å². The molecule has 1 heterocycles. The molecule has 3 rings (SSSR count). The van der Waals surface area contributed by atoms with Crippen LogP contribution in [0.5, 0.6) is 0 Å². The third kappa shape index (κ3) is 1.77. The van der Waals surface area contributed by atoms with Gasteiger partial charge in [0.05, 0.1) is 18.9 Å². The molecule has 0 saturated heterocycles. The lowest BCUT2D eigenvalue weighted by atomic mass is 9.78. The number of benzene rings is 1. The Bertz CT molecular complexity index is 787. The zero-order valence-corrected chi connectivity index (χ0v) is 12.7. The molecule has 1 aliphatic carbocycles. The van der Waals surface area contributed by atoms with Crippen molar-refractivity contribution in [3.63, 3.8) is 0 Å². The van der Waals surface area contributed by atoms with Crippen LogP contribution in [0.4, 0.5) is 0 Å². The molecule has 0 bridgehead atoms. The quantitative estimate of drug-likeness (QED) is 0.882. The summed E-state index contributed by atoms with van der Waals surface area (Å²) in [7, 11) is 3.21. The molecule has 114 valence electrons. The number of nitrogens with zero attached hydrogens (tertiary/aromatic N) is 2. The summed E-state index contributed by atoms with van der Waals surface area (Å²) in [6, 6.07) is 9.96. The minimum absolute atomic E-state index is 0.206. The first-order valence-corrected chi connectivity index (χ1v) is 7.26.